The first kappa shape index (κ1) is 13.9. The molecule has 0 aromatic heterocycles. The van der Waals surface area contributed by atoms with Crippen LogP contribution in [0.3, 0.4) is 0 Å². The molecule has 0 bridgehead atoms. The number of rotatable bonds is 6. The van der Waals surface area contributed by atoms with E-state index in [1.54, 1.807) is 6.92 Å². The van der Waals surface area contributed by atoms with Crippen LogP contribution in [-0.4, -0.2) is 21.6 Å². The third kappa shape index (κ3) is 3.67. The Kier molecular flexibility index (Phi) is 4.89. The quantitative estimate of drug-likeness (QED) is 0.851. The number of benzene rings is 1. The fourth-order valence-electron chi connectivity index (χ4n) is 1.24. The van der Waals surface area contributed by atoms with Gasteiger partial charge in [-0.3, -0.25) is 0 Å². The number of ether oxygens (including phenoxy) is 1. The zero-order valence-corrected chi connectivity index (χ0v) is 10.7. The largest absolute Gasteiger partial charge is 0.491 e. The molecule has 1 aromatic carbocycles. The lowest BCUT2D eigenvalue weighted by Gasteiger charge is -2.09. The van der Waals surface area contributed by atoms with Crippen molar-refractivity contribution in [2.75, 3.05) is 13.2 Å². The fraction of sp³-hybridized carbons (Fsp3) is 0.455. The maximum Gasteiger partial charge on any atom is 0.240 e. The third-order valence-electron chi connectivity index (χ3n) is 2.05. The van der Waals surface area contributed by atoms with Crippen LogP contribution < -0.4 is 9.46 Å². The second-order valence-corrected chi connectivity index (χ2v) is 5.19. The van der Waals surface area contributed by atoms with Gasteiger partial charge in [-0.1, -0.05) is 6.92 Å². The molecule has 0 heterocycles. The second kappa shape index (κ2) is 5.97. The molecule has 0 fully saturated rings. The highest BCUT2D eigenvalue weighted by molar-refractivity contribution is 7.89. The topological polar surface area (TPSA) is 55.4 Å². The Labute approximate surface area is 101 Å². The van der Waals surface area contributed by atoms with Crippen LogP contribution in [0.4, 0.5) is 4.39 Å². The van der Waals surface area contributed by atoms with Crippen molar-refractivity contribution < 1.29 is 17.5 Å². The second-order valence-electron chi connectivity index (χ2n) is 3.42. The fourth-order valence-corrected chi connectivity index (χ4v) is 2.39. The summed E-state index contributed by atoms with van der Waals surface area (Å²) in [6.45, 7) is 4.20. The molecule has 0 aliphatic carbocycles. The van der Waals surface area contributed by atoms with E-state index in [2.05, 4.69) is 4.72 Å². The van der Waals surface area contributed by atoms with Crippen molar-refractivity contribution in [3.8, 4) is 5.75 Å². The number of hydrogen-bond donors (Lipinski definition) is 1. The van der Waals surface area contributed by atoms with E-state index < -0.39 is 15.8 Å². The molecule has 0 aliphatic heterocycles. The highest BCUT2D eigenvalue weighted by Gasteiger charge is 2.15. The SMILES string of the molecule is CCCNS(=O)(=O)c1ccc(F)c(OCC)c1. The predicted octanol–water partition coefficient (Wildman–Crippen LogP) is 1.91. The van der Waals surface area contributed by atoms with Gasteiger partial charge >= 0.3 is 0 Å². The average Bonchev–Trinajstić information content (AvgIpc) is 2.29. The molecule has 1 aromatic rings. The molecule has 0 unspecified atom stereocenters. The Bertz CT molecular complexity index is 474. The lowest BCUT2D eigenvalue weighted by Crippen LogP contribution is -2.24. The van der Waals surface area contributed by atoms with Gasteiger partial charge in [-0.2, -0.15) is 0 Å². The van der Waals surface area contributed by atoms with Gasteiger partial charge in [0.15, 0.2) is 11.6 Å². The molecule has 0 radical (unpaired) electrons. The van der Waals surface area contributed by atoms with E-state index in [4.69, 9.17) is 4.74 Å². The molecular weight excluding hydrogens is 245 g/mol. The summed E-state index contributed by atoms with van der Waals surface area (Å²) in [5.41, 5.74) is 0. The van der Waals surface area contributed by atoms with Crippen molar-refractivity contribution >= 4 is 10.0 Å². The molecule has 0 saturated carbocycles. The molecule has 4 nitrogen and oxygen atoms in total. The molecular formula is C11H16FNO3S. The van der Waals surface area contributed by atoms with Crippen molar-refractivity contribution in [3.63, 3.8) is 0 Å². The highest BCUT2D eigenvalue weighted by atomic mass is 32.2. The minimum absolute atomic E-state index is 0.0100. The monoisotopic (exact) mass is 261 g/mol. The average molecular weight is 261 g/mol. The van der Waals surface area contributed by atoms with Crippen molar-refractivity contribution in [1.82, 2.24) is 4.72 Å². The summed E-state index contributed by atoms with van der Waals surface area (Å²) in [6, 6.07) is 3.50. The molecule has 0 aliphatic rings. The zero-order valence-electron chi connectivity index (χ0n) is 9.86. The molecule has 0 amide bonds. The van der Waals surface area contributed by atoms with E-state index in [-0.39, 0.29) is 17.3 Å². The van der Waals surface area contributed by atoms with Crippen molar-refractivity contribution in [3.05, 3.63) is 24.0 Å². The van der Waals surface area contributed by atoms with Crippen molar-refractivity contribution in [1.29, 1.82) is 0 Å². The van der Waals surface area contributed by atoms with Gasteiger partial charge in [0.05, 0.1) is 11.5 Å². The summed E-state index contributed by atoms with van der Waals surface area (Å²) >= 11 is 0. The Morgan fingerprint density at radius 3 is 2.65 bits per heavy atom. The summed E-state index contributed by atoms with van der Waals surface area (Å²) in [7, 11) is -3.58. The van der Waals surface area contributed by atoms with Gasteiger partial charge in [-0.15, -0.1) is 0 Å². The third-order valence-corrected chi connectivity index (χ3v) is 3.51. The Balaban J connectivity index is 3.02. The number of nitrogens with one attached hydrogen (secondary N) is 1. The first-order valence-corrected chi connectivity index (χ1v) is 6.91. The minimum atomic E-state index is -3.58. The molecule has 17 heavy (non-hydrogen) atoms. The van der Waals surface area contributed by atoms with Gasteiger partial charge in [-0.05, 0) is 25.5 Å². The van der Waals surface area contributed by atoms with Crippen molar-refractivity contribution in [2.24, 2.45) is 0 Å². The highest BCUT2D eigenvalue weighted by Crippen LogP contribution is 2.21. The number of halogens is 1. The molecule has 1 rings (SSSR count). The predicted molar refractivity (Wildman–Crippen MR) is 63.0 cm³/mol. The lowest BCUT2D eigenvalue weighted by molar-refractivity contribution is 0.320. The van der Waals surface area contributed by atoms with Crippen LogP contribution >= 0.6 is 0 Å². The standard InChI is InChI=1S/C11H16FNO3S/c1-3-7-13-17(14,15)9-5-6-10(12)11(8-9)16-4-2/h5-6,8,13H,3-4,7H2,1-2H3. The van der Waals surface area contributed by atoms with E-state index in [1.807, 2.05) is 6.92 Å². The van der Waals surface area contributed by atoms with E-state index in [1.165, 1.54) is 12.1 Å². The van der Waals surface area contributed by atoms with Crippen LogP contribution in [0.1, 0.15) is 20.3 Å². The Hall–Kier alpha value is -1.14. The van der Waals surface area contributed by atoms with Crippen molar-refractivity contribution in [2.45, 2.75) is 25.2 Å². The molecule has 96 valence electrons. The summed E-state index contributed by atoms with van der Waals surface area (Å²) in [6.07, 6.45) is 0.693. The Morgan fingerprint density at radius 2 is 2.06 bits per heavy atom. The van der Waals surface area contributed by atoms with Gasteiger partial charge in [0.1, 0.15) is 0 Å². The van der Waals surface area contributed by atoms with Crippen LogP contribution in [0, 0.1) is 5.82 Å². The van der Waals surface area contributed by atoms with Crippen LogP contribution in [0.15, 0.2) is 23.1 Å². The summed E-state index contributed by atoms with van der Waals surface area (Å²) in [4.78, 5) is 0.0100. The maximum absolute atomic E-state index is 13.3. The summed E-state index contributed by atoms with van der Waals surface area (Å²) in [5, 5.41) is 0. The lowest BCUT2D eigenvalue weighted by atomic mass is 10.3. The molecule has 0 spiro atoms. The van der Waals surface area contributed by atoms with Gasteiger partial charge in [0.2, 0.25) is 10.0 Å². The van der Waals surface area contributed by atoms with Gasteiger partial charge in [0.25, 0.3) is 0 Å². The van der Waals surface area contributed by atoms with E-state index in [0.29, 0.717) is 13.0 Å². The van der Waals surface area contributed by atoms with Gasteiger partial charge < -0.3 is 4.74 Å². The van der Waals surface area contributed by atoms with E-state index >= 15 is 0 Å². The van der Waals surface area contributed by atoms with Gasteiger partial charge in [0, 0.05) is 12.6 Å². The van der Waals surface area contributed by atoms with Crippen LogP contribution in [0.25, 0.3) is 0 Å². The Morgan fingerprint density at radius 1 is 1.35 bits per heavy atom. The molecule has 1 N–H and O–H groups in total. The summed E-state index contributed by atoms with van der Waals surface area (Å²) in [5.74, 6) is -0.617. The molecule has 6 heteroatoms. The smallest absolute Gasteiger partial charge is 0.240 e. The first-order valence-electron chi connectivity index (χ1n) is 5.43. The number of hydrogen-bond acceptors (Lipinski definition) is 3. The summed E-state index contributed by atoms with van der Waals surface area (Å²) < 4.78 is 44.2. The van der Waals surface area contributed by atoms with Crippen LogP contribution in [0.5, 0.6) is 5.75 Å². The minimum Gasteiger partial charge on any atom is -0.491 e. The zero-order chi connectivity index (χ0) is 12.9. The van der Waals surface area contributed by atoms with Crippen LogP contribution in [0.2, 0.25) is 0 Å². The van der Waals surface area contributed by atoms with E-state index in [0.717, 1.165) is 6.07 Å². The molecule has 0 atom stereocenters. The van der Waals surface area contributed by atoms with E-state index in [9.17, 15) is 12.8 Å². The first-order chi connectivity index (χ1) is 8.01. The van der Waals surface area contributed by atoms with Crippen LogP contribution in [-0.2, 0) is 10.0 Å². The molecule has 0 saturated heterocycles. The maximum atomic E-state index is 13.3. The number of sulfonamides is 1. The van der Waals surface area contributed by atoms with Gasteiger partial charge in [-0.25, -0.2) is 17.5 Å². The normalized spacial score (nSPS) is 11.5.